The molecule has 2 aromatic carbocycles. The summed E-state index contributed by atoms with van der Waals surface area (Å²) in [5.74, 6) is -0.216. The number of fused-ring (bicyclic) bond motifs is 1. The zero-order valence-electron chi connectivity index (χ0n) is 12.7. The molecule has 0 bridgehead atoms. The van der Waals surface area contributed by atoms with E-state index in [1.165, 1.54) is 5.39 Å². The summed E-state index contributed by atoms with van der Waals surface area (Å²) >= 11 is 0. The number of carbonyl (C=O) groups is 1. The Morgan fingerprint density at radius 2 is 2.09 bits per heavy atom. The lowest BCUT2D eigenvalue weighted by Gasteiger charge is -2.28. The second-order valence-corrected chi connectivity index (χ2v) is 5.92. The maximum absolute atomic E-state index is 12.0. The van der Waals surface area contributed by atoms with Crippen LogP contribution in [0, 0.1) is 0 Å². The second-order valence-electron chi connectivity index (χ2n) is 5.92. The first-order chi connectivity index (χ1) is 10.6. The molecule has 3 rings (SSSR count). The van der Waals surface area contributed by atoms with Gasteiger partial charge in [0, 0.05) is 12.0 Å². The third kappa shape index (κ3) is 2.85. The van der Waals surface area contributed by atoms with E-state index in [-0.39, 0.29) is 12.4 Å². The van der Waals surface area contributed by atoms with E-state index in [1.807, 2.05) is 19.1 Å². The van der Waals surface area contributed by atoms with Gasteiger partial charge in [0.15, 0.2) is 0 Å². The van der Waals surface area contributed by atoms with Crippen LogP contribution in [-0.2, 0) is 14.9 Å². The minimum Gasteiger partial charge on any atom is -0.466 e. The molecular formula is C18H21NO3. The molecule has 0 aromatic heterocycles. The van der Waals surface area contributed by atoms with Crippen molar-refractivity contribution in [2.75, 3.05) is 13.2 Å². The fraction of sp³-hybridized carbons (Fsp3) is 0.389. The number of aliphatic hydroxyl groups is 1. The average molecular weight is 299 g/mol. The molecule has 0 saturated carbocycles. The fourth-order valence-corrected chi connectivity index (χ4v) is 3.29. The van der Waals surface area contributed by atoms with Gasteiger partial charge in [0.05, 0.1) is 13.0 Å². The summed E-state index contributed by atoms with van der Waals surface area (Å²) in [4.78, 5) is 12.0. The van der Waals surface area contributed by atoms with Crippen molar-refractivity contribution in [2.24, 2.45) is 0 Å². The lowest BCUT2D eigenvalue weighted by Crippen LogP contribution is -2.32. The first kappa shape index (κ1) is 15.0. The van der Waals surface area contributed by atoms with Gasteiger partial charge < -0.3 is 9.84 Å². The zero-order chi connectivity index (χ0) is 15.6. The molecule has 1 fully saturated rings. The van der Waals surface area contributed by atoms with Crippen LogP contribution < -0.4 is 5.32 Å². The molecule has 2 aromatic rings. The molecule has 4 heteroatoms. The van der Waals surface area contributed by atoms with E-state index < -0.39 is 11.6 Å². The number of rotatable bonds is 4. The van der Waals surface area contributed by atoms with Crippen LogP contribution in [0.25, 0.3) is 10.8 Å². The highest BCUT2D eigenvalue weighted by molar-refractivity contribution is 5.83. The fourth-order valence-electron chi connectivity index (χ4n) is 3.29. The number of aliphatic hydroxyl groups excluding tert-OH is 1. The number of benzene rings is 2. The van der Waals surface area contributed by atoms with Gasteiger partial charge in [0.2, 0.25) is 0 Å². The summed E-state index contributed by atoms with van der Waals surface area (Å²) in [6, 6.07) is 14.4. The summed E-state index contributed by atoms with van der Waals surface area (Å²) in [5, 5.41) is 15.3. The van der Waals surface area contributed by atoms with Crippen molar-refractivity contribution in [1.82, 2.24) is 5.32 Å². The minimum absolute atomic E-state index is 0.216. The van der Waals surface area contributed by atoms with Gasteiger partial charge in [-0.05, 0) is 29.7 Å². The Balaban J connectivity index is 1.98. The standard InChI is InChI=1S/C18H21NO3/c1-2-22-17(21)11-18(10-16(20)19-12-18)15-8-7-13-5-3-4-6-14(13)9-15/h3-9,16,19-20H,2,10-12H2,1H3. The highest BCUT2D eigenvalue weighted by atomic mass is 16.5. The SMILES string of the molecule is CCOC(=O)CC1(c2ccc3ccccc3c2)CNC(O)C1. The van der Waals surface area contributed by atoms with Gasteiger partial charge in [-0.1, -0.05) is 42.5 Å². The summed E-state index contributed by atoms with van der Waals surface area (Å²) in [6.45, 7) is 2.76. The molecule has 1 aliphatic heterocycles. The van der Waals surface area contributed by atoms with Crippen molar-refractivity contribution in [3.8, 4) is 0 Å². The molecule has 2 atom stereocenters. The highest BCUT2D eigenvalue weighted by Crippen LogP contribution is 2.37. The Labute approximate surface area is 130 Å². The lowest BCUT2D eigenvalue weighted by molar-refractivity contribution is -0.144. The predicted octanol–water partition coefficient (Wildman–Crippen LogP) is 2.34. The molecule has 1 saturated heterocycles. The van der Waals surface area contributed by atoms with E-state index in [0.29, 0.717) is 19.6 Å². The molecule has 0 amide bonds. The Bertz CT molecular complexity index is 685. The van der Waals surface area contributed by atoms with Crippen LogP contribution >= 0.6 is 0 Å². The Hall–Kier alpha value is -1.91. The molecule has 1 heterocycles. The van der Waals surface area contributed by atoms with Crippen molar-refractivity contribution < 1.29 is 14.6 Å². The third-order valence-electron chi connectivity index (χ3n) is 4.41. The van der Waals surface area contributed by atoms with E-state index >= 15 is 0 Å². The zero-order valence-corrected chi connectivity index (χ0v) is 12.7. The number of carbonyl (C=O) groups excluding carboxylic acids is 1. The van der Waals surface area contributed by atoms with Gasteiger partial charge in [-0.15, -0.1) is 0 Å². The van der Waals surface area contributed by atoms with E-state index in [1.54, 1.807) is 0 Å². The number of esters is 1. The average Bonchev–Trinajstić information content (AvgIpc) is 2.89. The van der Waals surface area contributed by atoms with E-state index in [9.17, 15) is 9.90 Å². The Morgan fingerprint density at radius 1 is 1.32 bits per heavy atom. The Kier molecular flexibility index (Phi) is 4.14. The lowest BCUT2D eigenvalue weighted by atomic mass is 9.76. The maximum atomic E-state index is 12.0. The first-order valence-corrected chi connectivity index (χ1v) is 7.69. The van der Waals surface area contributed by atoms with Crippen LogP contribution in [0.15, 0.2) is 42.5 Å². The molecule has 4 nitrogen and oxygen atoms in total. The molecule has 0 aliphatic carbocycles. The largest absolute Gasteiger partial charge is 0.466 e. The molecule has 2 unspecified atom stereocenters. The molecule has 2 N–H and O–H groups in total. The van der Waals surface area contributed by atoms with E-state index in [2.05, 4.69) is 35.6 Å². The van der Waals surface area contributed by atoms with Crippen molar-refractivity contribution in [2.45, 2.75) is 31.4 Å². The molecule has 0 radical (unpaired) electrons. The number of hydrogen-bond donors (Lipinski definition) is 2. The molecule has 116 valence electrons. The number of nitrogens with one attached hydrogen (secondary N) is 1. The van der Waals surface area contributed by atoms with Gasteiger partial charge in [-0.3, -0.25) is 10.1 Å². The summed E-state index contributed by atoms with van der Waals surface area (Å²) in [6.07, 6.45) is 0.216. The highest BCUT2D eigenvalue weighted by Gasteiger charge is 2.42. The van der Waals surface area contributed by atoms with Crippen LogP contribution in [0.5, 0.6) is 0 Å². The quantitative estimate of drug-likeness (QED) is 0.851. The minimum atomic E-state index is -0.583. The maximum Gasteiger partial charge on any atom is 0.306 e. The number of ether oxygens (including phenoxy) is 1. The number of hydrogen-bond acceptors (Lipinski definition) is 4. The normalized spacial score (nSPS) is 24.5. The van der Waals surface area contributed by atoms with Gasteiger partial charge in [0.1, 0.15) is 6.23 Å². The van der Waals surface area contributed by atoms with Crippen LogP contribution in [0.1, 0.15) is 25.3 Å². The van der Waals surface area contributed by atoms with Gasteiger partial charge in [0.25, 0.3) is 0 Å². The summed E-state index contributed by atoms with van der Waals surface area (Å²) < 4.78 is 5.12. The van der Waals surface area contributed by atoms with Crippen molar-refractivity contribution in [3.05, 3.63) is 48.0 Å². The third-order valence-corrected chi connectivity index (χ3v) is 4.41. The topological polar surface area (TPSA) is 58.6 Å². The van der Waals surface area contributed by atoms with Gasteiger partial charge in [-0.25, -0.2) is 0 Å². The molecule has 1 aliphatic rings. The van der Waals surface area contributed by atoms with Crippen molar-refractivity contribution in [1.29, 1.82) is 0 Å². The Morgan fingerprint density at radius 3 is 2.77 bits per heavy atom. The van der Waals surface area contributed by atoms with E-state index in [4.69, 9.17) is 4.74 Å². The van der Waals surface area contributed by atoms with Crippen molar-refractivity contribution in [3.63, 3.8) is 0 Å². The monoisotopic (exact) mass is 299 g/mol. The van der Waals surface area contributed by atoms with Crippen LogP contribution in [0.2, 0.25) is 0 Å². The van der Waals surface area contributed by atoms with Crippen LogP contribution in [0.3, 0.4) is 0 Å². The smallest absolute Gasteiger partial charge is 0.306 e. The van der Waals surface area contributed by atoms with Crippen molar-refractivity contribution >= 4 is 16.7 Å². The summed E-state index contributed by atoms with van der Waals surface area (Å²) in [7, 11) is 0. The molecule has 22 heavy (non-hydrogen) atoms. The van der Waals surface area contributed by atoms with E-state index in [0.717, 1.165) is 10.9 Å². The van der Waals surface area contributed by atoms with Gasteiger partial charge in [-0.2, -0.15) is 0 Å². The summed E-state index contributed by atoms with van der Waals surface area (Å²) in [5.41, 5.74) is 0.665. The first-order valence-electron chi connectivity index (χ1n) is 7.69. The molecular weight excluding hydrogens is 278 g/mol. The second kappa shape index (κ2) is 6.07. The predicted molar refractivity (Wildman–Crippen MR) is 85.5 cm³/mol. The van der Waals surface area contributed by atoms with Crippen LogP contribution in [-0.4, -0.2) is 30.5 Å². The molecule has 0 spiro atoms. The van der Waals surface area contributed by atoms with Gasteiger partial charge >= 0.3 is 5.97 Å². The van der Waals surface area contributed by atoms with Crippen LogP contribution in [0.4, 0.5) is 0 Å².